The van der Waals surface area contributed by atoms with E-state index in [0.717, 1.165) is 10.5 Å². The first-order valence-electron chi connectivity index (χ1n) is 9.16. The largest absolute Gasteiger partial charge is 0.494 e. The number of urea groups is 1. The van der Waals surface area contributed by atoms with Crippen molar-refractivity contribution in [3.63, 3.8) is 0 Å². The SMILES string of the molecule is CCOc1ccc(NC(=O)CN2C(=O)N/C(=C\C=C\c3ccccc3)C2=O)cc1. The van der Waals surface area contributed by atoms with Crippen LogP contribution in [0.2, 0.25) is 0 Å². The average molecular weight is 391 g/mol. The molecule has 0 atom stereocenters. The maximum absolute atomic E-state index is 12.4. The number of amides is 4. The van der Waals surface area contributed by atoms with Gasteiger partial charge in [0, 0.05) is 5.69 Å². The van der Waals surface area contributed by atoms with E-state index in [4.69, 9.17) is 4.74 Å². The highest BCUT2D eigenvalue weighted by molar-refractivity contribution is 6.14. The van der Waals surface area contributed by atoms with Crippen LogP contribution in [0.1, 0.15) is 12.5 Å². The van der Waals surface area contributed by atoms with Gasteiger partial charge in [-0.2, -0.15) is 0 Å². The van der Waals surface area contributed by atoms with Gasteiger partial charge in [-0.05, 0) is 42.8 Å². The average Bonchev–Trinajstić information content (AvgIpc) is 2.98. The van der Waals surface area contributed by atoms with Gasteiger partial charge in [0.05, 0.1) is 6.61 Å². The van der Waals surface area contributed by atoms with E-state index >= 15 is 0 Å². The minimum absolute atomic E-state index is 0.121. The second-order valence-corrected chi connectivity index (χ2v) is 6.18. The lowest BCUT2D eigenvalue weighted by atomic mass is 10.2. The van der Waals surface area contributed by atoms with Crippen LogP contribution in [0.3, 0.4) is 0 Å². The first-order valence-corrected chi connectivity index (χ1v) is 9.16. The lowest BCUT2D eigenvalue weighted by Crippen LogP contribution is -2.38. The highest BCUT2D eigenvalue weighted by Gasteiger charge is 2.34. The van der Waals surface area contributed by atoms with E-state index in [9.17, 15) is 14.4 Å². The van der Waals surface area contributed by atoms with Crippen LogP contribution in [0.4, 0.5) is 10.5 Å². The van der Waals surface area contributed by atoms with E-state index in [1.807, 2.05) is 43.3 Å². The molecule has 0 aliphatic carbocycles. The number of rotatable bonds is 7. The Labute approximate surface area is 168 Å². The van der Waals surface area contributed by atoms with Crippen molar-refractivity contribution in [2.75, 3.05) is 18.5 Å². The Kier molecular flexibility index (Phi) is 6.42. The van der Waals surface area contributed by atoms with Crippen LogP contribution in [0, 0.1) is 0 Å². The number of imide groups is 1. The summed E-state index contributed by atoms with van der Waals surface area (Å²) in [5, 5.41) is 5.14. The zero-order valence-electron chi connectivity index (χ0n) is 15.9. The van der Waals surface area contributed by atoms with Gasteiger partial charge in [-0.15, -0.1) is 0 Å². The van der Waals surface area contributed by atoms with E-state index in [2.05, 4.69) is 10.6 Å². The maximum atomic E-state index is 12.4. The zero-order chi connectivity index (χ0) is 20.6. The van der Waals surface area contributed by atoms with E-state index in [1.54, 1.807) is 30.3 Å². The van der Waals surface area contributed by atoms with Crippen molar-refractivity contribution < 1.29 is 19.1 Å². The van der Waals surface area contributed by atoms with Gasteiger partial charge in [-0.1, -0.05) is 42.5 Å². The molecular weight excluding hydrogens is 370 g/mol. The predicted octanol–water partition coefficient (Wildman–Crippen LogP) is 3.17. The van der Waals surface area contributed by atoms with Crippen molar-refractivity contribution in [2.24, 2.45) is 0 Å². The summed E-state index contributed by atoms with van der Waals surface area (Å²) in [6, 6.07) is 15.8. The van der Waals surface area contributed by atoms with Crippen molar-refractivity contribution >= 4 is 29.6 Å². The smallest absolute Gasteiger partial charge is 0.329 e. The molecule has 4 amide bonds. The second-order valence-electron chi connectivity index (χ2n) is 6.18. The van der Waals surface area contributed by atoms with Gasteiger partial charge in [0.25, 0.3) is 5.91 Å². The Hall–Kier alpha value is -3.87. The molecule has 2 aromatic carbocycles. The third-order valence-electron chi connectivity index (χ3n) is 4.06. The number of ether oxygens (including phenoxy) is 1. The molecule has 0 unspecified atom stereocenters. The molecular formula is C22H21N3O4. The van der Waals surface area contributed by atoms with Gasteiger partial charge < -0.3 is 15.4 Å². The van der Waals surface area contributed by atoms with Crippen LogP contribution >= 0.6 is 0 Å². The minimum Gasteiger partial charge on any atom is -0.494 e. The molecule has 29 heavy (non-hydrogen) atoms. The number of carbonyl (C=O) groups is 3. The molecule has 7 nitrogen and oxygen atoms in total. The summed E-state index contributed by atoms with van der Waals surface area (Å²) in [5.41, 5.74) is 1.64. The molecule has 2 aromatic rings. The Morgan fingerprint density at radius 3 is 2.52 bits per heavy atom. The summed E-state index contributed by atoms with van der Waals surface area (Å²) >= 11 is 0. The molecule has 2 N–H and O–H groups in total. The third kappa shape index (κ3) is 5.32. The molecule has 1 aliphatic rings. The molecule has 3 rings (SSSR count). The normalized spacial score (nSPS) is 15.1. The number of nitrogens with one attached hydrogen (secondary N) is 2. The van der Waals surface area contributed by atoms with Crippen molar-refractivity contribution in [1.82, 2.24) is 10.2 Å². The molecule has 1 aliphatic heterocycles. The van der Waals surface area contributed by atoms with Crippen molar-refractivity contribution in [3.8, 4) is 5.75 Å². The topological polar surface area (TPSA) is 87.7 Å². The summed E-state index contributed by atoms with van der Waals surface area (Å²) in [6.45, 7) is 2.06. The summed E-state index contributed by atoms with van der Waals surface area (Å²) in [5.74, 6) is -0.328. The van der Waals surface area contributed by atoms with Crippen LogP contribution < -0.4 is 15.4 Å². The fourth-order valence-electron chi connectivity index (χ4n) is 2.70. The highest BCUT2D eigenvalue weighted by atomic mass is 16.5. The summed E-state index contributed by atoms with van der Waals surface area (Å²) in [6.07, 6.45) is 5.00. The van der Waals surface area contributed by atoms with Crippen molar-refractivity contribution in [2.45, 2.75) is 6.92 Å². The molecule has 7 heteroatoms. The Balaban J connectivity index is 1.58. The van der Waals surface area contributed by atoms with Gasteiger partial charge in [0.2, 0.25) is 5.91 Å². The second kappa shape index (κ2) is 9.36. The lowest BCUT2D eigenvalue weighted by molar-refractivity contribution is -0.127. The van der Waals surface area contributed by atoms with Gasteiger partial charge in [0.1, 0.15) is 18.0 Å². The Morgan fingerprint density at radius 1 is 1.10 bits per heavy atom. The van der Waals surface area contributed by atoms with Gasteiger partial charge in [-0.25, -0.2) is 9.69 Å². The zero-order valence-corrected chi connectivity index (χ0v) is 15.9. The standard InChI is InChI=1S/C22H21N3O4/c1-2-29-18-13-11-17(12-14-18)23-20(26)15-25-21(27)19(24-22(25)28)10-6-9-16-7-4-3-5-8-16/h3-14H,2,15H2,1H3,(H,23,26)(H,24,28)/b9-6+,19-10-. The molecule has 148 valence electrons. The van der Waals surface area contributed by atoms with E-state index in [-0.39, 0.29) is 12.2 Å². The quantitative estimate of drug-likeness (QED) is 0.561. The fourth-order valence-corrected chi connectivity index (χ4v) is 2.70. The molecule has 1 saturated heterocycles. The monoisotopic (exact) mass is 391 g/mol. The molecule has 1 heterocycles. The molecule has 1 fully saturated rings. The minimum atomic E-state index is -0.629. The molecule has 0 aromatic heterocycles. The Bertz CT molecular complexity index is 950. The number of benzene rings is 2. The van der Waals surface area contributed by atoms with Crippen LogP contribution in [-0.4, -0.2) is 35.9 Å². The van der Waals surface area contributed by atoms with Gasteiger partial charge in [0.15, 0.2) is 0 Å². The number of nitrogens with zero attached hydrogens (tertiary/aromatic N) is 1. The summed E-state index contributed by atoms with van der Waals surface area (Å²) in [7, 11) is 0. The summed E-state index contributed by atoms with van der Waals surface area (Å²) < 4.78 is 5.34. The van der Waals surface area contributed by atoms with Crippen LogP contribution in [0.15, 0.2) is 72.4 Å². The van der Waals surface area contributed by atoms with Crippen LogP contribution in [0.25, 0.3) is 6.08 Å². The maximum Gasteiger partial charge on any atom is 0.329 e. The van der Waals surface area contributed by atoms with Crippen molar-refractivity contribution in [1.29, 1.82) is 0 Å². The van der Waals surface area contributed by atoms with Crippen LogP contribution in [0.5, 0.6) is 5.75 Å². The number of carbonyl (C=O) groups excluding carboxylic acids is 3. The fraction of sp³-hybridized carbons (Fsp3) is 0.136. The molecule has 0 radical (unpaired) electrons. The molecule has 0 saturated carbocycles. The first-order chi connectivity index (χ1) is 14.1. The van der Waals surface area contributed by atoms with E-state index in [1.165, 1.54) is 6.08 Å². The van der Waals surface area contributed by atoms with Gasteiger partial charge >= 0.3 is 6.03 Å². The van der Waals surface area contributed by atoms with Crippen molar-refractivity contribution in [3.05, 3.63) is 78.0 Å². The first kappa shape index (κ1) is 19.9. The van der Waals surface area contributed by atoms with E-state index < -0.39 is 17.8 Å². The third-order valence-corrected chi connectivity index (χ3v) is 4.06. The predicted molar refractivity (Wildman–Crippen MR) is 110 cm³/mol. The highest BCUT2D eigenvalue weighted by Crippen LogP contribution is 2.16. The molecule has 0 spiro atoms. The number of anilines is 1. The van der Waals surface area contributed by atoms with Crippen LogP contribution in [-0.2, 0) is 9.59 Å². The van der Waals surface area contributed by atoms with Gasteiger partial charge in [-0.3, -0.25) is 9.59 Å². The molecule has 0 bridgehead atoms. The lowest BCUT2D eigenvalue weighted by Gasteiger charge is -2.12. The Morgan fingerprint density at radius 2 is 1.83 bits per heavy atom. The number of allylic oxidation sites excluding steroid dienone is 2. The summed E-state index contributed by atoms with van der Waals surface area (Å²) in [4.78, 5) is 37.6. The number of hydrogen-bond donors (Lipinski definition) is 2. The van der Waals surface area contributed by atoms with E-state index in [0.29, 0.717) is 18.0 Å². The number of hydrogen-bond acceptors (Lipinski definition) is 4.